The van der Waals surface area contributed by atoms with Gasteiger partial charge in [0.1, 0.15) is 0 Å². The highest BCUT2D eigenvalue weighted by molar-refractivity contribution is 7.10. The monoisotopic (exact) mass is 464 g/mol. The Kier molecular flexibility index (Phi) is 5.78. The van der Waals surface area contributed by atoms with Crippen LogP contribution < -0.4 is 4.90 Å². The maximum Gasteiger partial charge on any atom is 0.254 e. The fourth-order valence-electron chi connectivity index (χ4n) is 5.21. The summed E-state index contributed by atoms with van der Waals surface area (Å²) in [5.41, 5.74) is 2.11. The summed E-state index contributed by atoms with van der Waals surface area (Å²) in [5, 5.41) is 2.55. The Balaban J connectivity index is 1.67. The second-order valence-electron chi connectivity index (χ2n) is 8.52. The maximum atomic E-state index is 14.1. The van der Waals surface area contributed by atoms with Crippen LogP contribution in [0.3, 0.4) is 0 Å². The molecule has 2 aliphatic rings. The van der Waals surface area contributed by atoms with Crippen molar-refractivity contribution in [2.75, 3.05) is 11.9 Å². The first kappa shape index (κ1) is 21.2. The molecule has 3 aromatic rings. The van der Waals surface area contributed by atoms with Gasteiger partial charge in [-0.15, -0.1) is 11.3 Å². The number of thiophene rings is 1. The Morgan fingerprint density at radius 2 is 1.75 bits per heavy atom. The zero-order valence-corrected chi connectivity index (χ0v) is 19.5. The minimum absolute atomic E-state index is 0.0374. The molecular formula is C26H25ClN2O2S. The van der Waals surface area contributed by atoms with Crippen molar-refractivity contribution >= 4 is 40.4 Å². The van der Waals surface area contributed by atoms with E-state index in [4.69, 9.17) is 11.6 Å². The summed E-state index contributed by atoms with van der Waals surface area (Å²) in [5.74, 6) is -0.515. The van der Waals surface area contributed by atoms with Gasteiger partial charge >= 0.3 is 0 Å². The van der Waals surface area contributed by atoms with Crippen LogP contribution in [-0.2, 0) is 4.79 Å². The van der Waals surface area contributed by atoms with Crippen molar-refractivity contribution in [2.24, 2.45) is 0 Å². The highest BCUT2D eigenvalue weighted by Gasteiger charge is 2.48. The predicted octanol–water partition coefficient (Wildman–Crippen LogP) is 6.29. The zero-order valence-electron chi connectivity index (χ0n) is 17.9. The van der Waals surface area contributed by atoms with E-state index in [9.17, 15) is 9.59 Å². The first-order valence-corrected chi connectivity index (χ1v) is 12.3. The smallest absolute Gasteiger partial charge is 0.254 e. The summed E-state index contributed by atoms with van der Waals surface area (Å²) in [4.78, 5) is 32.6. The SMILES string of the molecule is CN(C(=O)C1c2ccccc2C(=O)N(C2CCCC2)C1c1cccs1)c1ccccc1Cl. The molecule has 1 aliphatic carbocycles. The minimum atomic E-state index is -0.496. The standard InChI is InChI=1S/C26H25ClN2O2S/c1-28(21-14-7-6-13-20(21)27)26(31)23-18-11-4-5-12-19(18)25(30)29(17-9-2-3-10-17)24(23)22-15-8-16-32-22/h4-8,11-17,23-24H,2-3,9-10H2,1H3. The number of rotatable bonds is 4. The van der Waals surface area contributed by atoms with Gasteiger partial charge in [0.25, 0.3) is 5.91 Å². The van der Waals surface area contributed by atoms with Crippen LogP contribution in [0.2, 0.25) is 5.02 Å². The van der Waals surface area contributed by atoms with Crippen molar-refractivity contribution in [3.63, 3.8) is 0 Å². The Labute approximate surface area is 197 Å². The molecule has 5 rings (SSSR count). The van der Waals surface area contributed by atoms with Gasteiger partial charge in [-0.25, -0.2) is 0 Å². The lowest BCUT2D eigenvalue weighted by molar-refractivity contribution is -0.121. The van der Waals surface area contributed by atoms with Crippen LogP contribution in [0, 0.1) is 0 Å². The van der Waals surface area contributed by atoms with Crippen LogP contribution in [0.4, 0.5) is 5.69 Å². The van der Waals surface area contributed by atoms with E-state index in [1.807, 2.05) is 64.9 Å². The number of hydrogen-bond donors (Lipinski definition) is 0. The third-order valence-electron chi connectivity index (χ3n) is 6.74. The summed E-state index contributed by atoms with van der Waals surface area (Å²) in [6.45, 7) is 0. The van der Waals surface area contributed by atoms with Crippen LogP contribution in [0.15, 0.2) is 66.0 Å². The molecule has 2 atom stereocenters. The molecule has 2 amide bonds. The molecule has 1 aromatic heterocycles. The number of benzene rings is 2. The number of fused-ring (bicyclic) bond motifs is 1. The van der Waals surface area contributed by atoms with Crippen molar-refractivity contribution in [3.05, 3.63) is 87.1 Å². The summed E-state index contributed by atoms with van der Waals surface area (Å²) in [6.07, 6.45) is 4.20. The molecule has 2 aromatic carbocycles. The molecule has 1 aliphatic heterocycles. The van der Waals surface area contributed by atoms with Gasteiger partial charge < -0.3 is 9.80 Å². The molecule has 0 spiro atoms. The fraction of sp³-hybridized carbons (Fsp3) is 0.308. The van der Waals surface area contributed by atoms with Crippen molar-refractivity contribution in [1.82, 2.24) is 4.90 Å². The molecule has 1 saturated carbocycles. The van der Waals surface area contributed by atoms with E-state index in [2.05, 4.69) is 0 Å². The molecule has 4 nitrogen and oxygen atoms in total. The summed E-state index contributed by atoms with van der Waals surface area (Å²) in [7, 11) is 1.77. The second-order valence-corrected chi connectivity index (χ2v) is 9.91. The summed E-state index contributed by atoms with van der Waals surface area (Å²) < 4.78 is 0. The molecule has 0 radical (unpaired) electrons. The molecule has 0 N–H and O–H groups in total. The molecule has 0 saturated heterocycles. The Morgan fingerprint density at radius 3 is 2.47 bits per heavy atom. The quantitative estimate of drug-likeness (QED) is 0.455. The average Bonchev–Trinajstić information content (AvgIpc) is 3.53. The number of anilines is 1. The second kappa shape index (κ2) is 8.72. The molecule has 0 bridgehead atoms. The number of hydrogen-bond acceptors (Lipinski definition) is 3. The molecule has 1 fully saturated rings. The van der Waals surface area contributed by atoms with Gasteiger partial charge in [-0.3, -0.25) is 9.59 Å². The molecule has 6 heteroatoms. The molecule has 2 heterocycles. The fourth-order valence-corrected chi connectivity index (χ4v) is 6.34. The minimum Gasteiger partial charge on any atom is -0.327 e. The van der Waals surface area contributed by atoms with Crippen molar-refractivity contribution in [1.29, 1.82) is 0 Å². The first-order chi connectivity index (χ1) is 15.6. The van der Waals surface area contributed by atoms with Gasteiger partial charge in [-0.05, 0) is 48.1 Å². The van der Waals surface area contributed by atoms with E-state index in [1.165, 1.54) is 0 Å². The Bertz CT molecular complexity index is 1140. The van der Waals surface area contributed by atoms with E-state index in [1.54, 1.807) is 29.4 Å². The number of nitrogens with zero attached hydrogens (tertiary/aromatic N) is 2. The van der Waals surface area contributed by atoms with Crippen LogP contribution in [0.5, 0.6) is 0 Å². The normalized spacial score (nSPS) is 20.9. The third-order valence-corrected chi connectivity index (χ3v) is 8.00. The highest BCUT2D eigenvalue weighted by atomic mass is 35.5. The number of carbonyl (C=O) groups is 2. The summed E-state index contributed by atoms with van der Waals surface area (Å²) in [6, 6.07) is 18.9. The maximum absolute atomic E-state index is 14.1. The van der Waals surface area contributed by atoms with Gasteiger partial charge in [-0.1, -0.05) is 60.8 Å². The number of halogens is 1. The lowest BCUT2D eigenvalue weighted by Crippen LogP contribution is -2.51. The van der Waals surface area contributed by atoms with Gasteiger partial charge in [0.2, 0.25) is 5.91 Å². The van der Waals surface area contributed by atoms with Gasteiger partial charge in [0, 0.05) is 23.5 Å². The van der Waals surface area contributed by atoms with Crippen LogP contribution in [0.1, 0.15) is 58.4 Å². The Morgan fingerprint density at radius 1 is 1.03 bits per heavy atom. The first-order valence-electron chi connectivity index (χ1n) is 11.0. The number of para-hydroxylation sites is 1. The molecule has 164 valence electrons. The van der Waals surface area contributed by atoms with E-state index in [-0.39, 0.29) is 23.9 Å². The largest absolute Gasteiger partial charge is 0.327 e. The van der Waals surface area contributed by atoms with Crippen molar-refractivity contribution < 1.29 is 9.59 Å². The zero-order chi connectivity index (χ0) is 22.2. The van der Waals surface area contributed by atoms with Crippen molar-refractivity contribution in [3.8, 4) is 0 Å². The average molecular weight is 465 g/mol. The van der Waals surface area contributed by atoms with E-state index >= 15 is 0 Å². The number of likely N-dealkylation sites (N-methyl/N-ethyl adjacent to an activating group) is 1. The number of amides is 2. The predicted molar refractivity (Wildman–Crippen MR) is 130 cm³/mol. The van der Waals surface area contributed by atoms with Gasteiger partial charge in [0.15, 0.2) is 0 Å². The van der Waals surface area contributed by atoms with Crippen LogP contribution in [0.25, 0.3) is 0 Å². The lowest BCUT2D eigenvalue weighted by Gasteiger charge is -2.45. The van der Waals surface area contributed by atoms with E-state index in [0.29, 0.717) is 16.3 Å². The highest BCUT2D eigenvalue weighted by Crippen LogP contribution is 2.48. The van der Waals surface area contributed by atoms with E-state index < -0.39 is 5.92 Å². The third kappa shape index (κ3) is 3.54. The van der Waals surface area contributed by atoms with Gasteiger partial charge in [0.05, 0.1) is 22.7 Å². The summed E-state index contributed by atoms with van der Waals surface area (Å²) >= 11 is 8.05. The van der Waals surface area contributed by atoms with E-state index in [0.717, 1.165) is 36.1 Å². The number of carbonyl (C=O) groups excluding carboxylic acids is 2. The van der Waals surface area contributed by atoms with Crippen LogP contribution >= 0.6 is 22.9 Å². The van der Waals surface area contributed by atoms with Crippen molar-refractivity contribution in [2.45, 2.75) is 43.7 Å². The lowest BCUT2D eigenvalue weighted by atomic mass is 9.80. The molecule has 2 unspecified atom stereocenters. The molecule has 32 heavy (non-hydrogen) atoms. The van der Waals surface area contributed by atoms with Crippen LogP contribution in [-0.4, -0.2) is 29.8 Å². The van der Waals surface area contributed by atoms with Gasteiger partial charge in [-0.2, -0.15) is 0 Å². The topological polar surface area (TPSA) is 40.6 Å². The Hall–Kier alpha value is -2.63. The molecular weight excluding hydrogens is 440 g/mol.